The summed E-state index contributed by atoms with van der Waals surface area (Å²) >= 11 is 0. The molecule has 1 aromatic rings. The number of rotatable bonds is 3. The van der Waals surface area contributed by atoms with Crippen LogP contribution in [-0.4, -0.2) is 40.1 Å². The van der Waals surface area contributed by atoms with Crippen molar-refractivity contribution in [2.75, 3.05) is 13.1 Å². The van der Waals surface area contributed by atoms with Crippen molar-refractivity contribution in [2.45, 2.75) is 18.9 Å². The maximum atomic E-state index is 12.1. The van der Waals surface area contributed by atoms with Gasteiger partial charge in [-0.2, -0.15) is 0 Å². The van der Waals surface area contributed by atoms with Crippen molar-refractivity contribution < 1.29 is 19.8 Å². The zero-order chi connectivity index (χ0) is 13.8. The Morgan fingerprint density at radius 1 is 1.26 bits per heavy atom. The summed E-state index contributed by atoms with van der Waals surface area (Å²) in [5, 5.41) is 19.0. The lowest BCUT2D eigenvalue weighted by molar-refractivity contribution is -0.148. The lowest BCUT2D eigenvalue weighted by Gasteiger charge is -2.32. The Labute approximate surface area is 111 Å². The van der Waals surface area contributed by atoms with Crippen LogP contribution in [-0.2, 0) is 9.59 Å². The number of hydrogen-bond acceptors (Lipinski definition) is 3. The van der Waals surface area contributed by atoms with Gasteiger partial charge in [-0.1, -0.05) is 30.3 Å². The van der Waals surface area contributed by atoms with Gasteiger partial charge in [0.15, 0.2) is 6.10 Å². The Kier molecular flexibility index (Phi) is 4.16. The first-order chi connectivity index (χ1) is 9.09. The molecule has 1 fully saturated rings. The summed E-state index contributed by atoms with van der Waals surface area (Å²) in [6.45, 7) is 0.685. The molecule has 1 heterocycles. The first-order valence-electron chi connectivity index (χ1n) is 6.34. The highest BCUT2D eigenvalue weighted by Gasteiger charge is 2.31. The van der Waals surface area contributed by atoms with Crippen molar-refractivity contribution in [3.05, 3.63) is 35.9 Å². The van der Waals surface area contributed by atoms with Crippen LogP contribution in [0.15, 0.2) is 30.3 Å². The standard InChI is InChI=1S/C14H17NO4/c16-12(10-5-2-1-3-6-10)13(17)15-8-4-7-11(9-15)14(18)19/h1-3,5-6,11-12,16H,4,7-9H2,(H,18,19)/t11?,12-/m1/s1. The van der Waals surface area contributed by atoms with Gasteiger partial charge in [0.1, 0.15) is 0 Å². The van der Waals surface area contributed by atoms with Gasteiger partial charge in [0.2, 0.25) is 0 Å². The summed E-state index contributed by atoms with van der Waals surface area (Å²) in [7, 11) is 0. The van der Waals surface area contributed by atoms with Crippen LogP contribution in [0.4, 0.5) is 0 Å². The Morgan fingerprint density at radius 3 is 2.58 bits per heavy atom. The molecule has 102 valence electrons. The fourth-order valence-electron chi connectivity index (χ4n) is 2.33. The molecule has 2 rings (SSSR count). The molecule has 5 heteroatoms. The summed E-state index contributed by atoms with van der Waals surface area (Å²) in [6.07, 6.45) is 0.0267. The maximum Gasteiger partial charge on any atom is 0.308 e. The largest absolute Gasteiger partial charge is 0.481 e. The quantitative estimate of drug-likeness (QED) is 0.854. The molecule has 0 spiro atoms. The molecule has 5 nitrogen and oxygen atoms in total. The number of carbonyl (C=O) groups excluding carboxylic acids is 1. The summed E-state index contributed by atoms with van der Waals surface area (Å²) in [4.78, 5) is 24.6. The number of amides is 1. The zero-order valence-electron chi connectivity index (χ0n) is 10.5. The predicted octanol–water partition coefficient (Wildman–Crippen LogP) is 1.04. The van der Waals surface area contributed by atoms with Crippen molar-refractivity contribution >= 4 is 11.9 Å². The summed E-state index contributed by atoms with van der Waals surface area (Å²) in [5.41, 5.74) is 0.532. The van der Waals surface area contributed by atoms with Crippen LogP contribution >= 0.6 is 0 Å². The van der Waals surface area contributed by atoms with E-state index in [2.05, 4.69) is 0 Å². The molecule has 0 saturated carbocycles. The van der Waals surface area contributed by atoms with Gasteiger partial charge < -0.3 is 15.1 Å². The molecule has 0 aromatic heterocycles. The van der Waals surface area contributed by atoms with E-state index in [1.807, 2.05) is 6.07 Å². The van der Waals surface area contributed by atoms with Gasteiger partial charge in [-0.25, -0.2) is 0 Å². The van der Waals surface area contributed by atoms with E-state index in [-0.39, 0.29) is 6.54 Å². The molecule has 2 N–H and O–H groups in total. The summed E-state index contributed by atoms with van der Waals surface area (Å²) < 4.78 is 0. The molecule has 1 amide bonds. The van der Waals surface area contributed by atoms with Crippen molar-refractivity contribution in [2.24, 2.45) is 5.92 Å². The second-order valence-corrected chi connectivity index (χ2v) is 4.77. The van der Waals surface area contributed by atoms with E-state index in [0.717, 1.165) is 0 Å². The van der Waals surface area contributed by atoms with Gasteiger partial charge in [-0.15, -0.1) is 0 Å². The predicted molar refractivity (Wildman–Crippen MR) is 68.3 cm³/mol. The molecule has 1 saturated heterocycles. The van der Waals surface area contributed by atoms with Crippen LogP contribution in [0.25, 0.3) is 0 Å². The number of benzene rings is 1. The lowest BCUT2D eigenvalue weighted by Crippen LogP contribution is -2.44. The van der Waals surface area contributed by atoms with Crippen LogP contribution in [0, 0.1) is 5.92 Å². The van der Waals surface area contributed by atoms with Gasteiger partial charge in [0.05, 0.1) is 5.92 Å². The molecule has 19 heavy (non-hydrogen) atoms. The second kappa shape index (κ2) is 5.84. The fourth-order valence-corrected chi connectivity index (χ4v) is 2.33. The van der Waals surface area contributed by atoms with Gasteiger partial charge in [0, 0.05) is 13.1 Å². The van der Waals surface area contributed by atoms with E-state index in [1.165, 1.54) is 4.90 Å². The highest BCUT2D eigenvalue weighted by Crippen LogP contribution is 2.21. The molecule has 1 aliphatic heterocycles. The number of aliphatic hydroxyl groups excluding tert-OH is 1. The van der Waals surface area contributed by atoms with E-state index in [4.69, 9.17) is 5.11 Å². The number of piperidine rings is 1. The van der Waals surface area contributed by atoms with Crippen molar-refractivity contribution in [3.8, 4) is 0 Å². The van der Waals surface area contributed by atoms with E-state index in [0.29, 0.717) is 24.9 Å². The number of likely N-dealkylation sites (tertiary alicyclic amines) is 1. The van der Waals surface area contributed by atoms with Crippen molar-refractivity contribution in [1.29, 1.82) is 0 Å². The lowest BCUT2D eigenvalue weighted by atomic mass is 9.97. The fraction of sp³-hybridized carbons (Fsp3) is 0.429. The molecule has 1 aromatic carbocycles. The molecule has 2 atom stereocenters. The molecule has 1 aliphatic rings. The van der Waals surface area contributed by atoms with E-state index in [9.17, 15) is 14.7 Å². The monoisotopic (exact) mass is 263 g/mol. The average Bonchev–Trinajstić information content (AvgIpc) is 2.46. The SMILES string of the molecule is O=C(O)C1CCCN(C(=O)[C@H](O)c2ccccc2)C1. The third-order valence-corrected chi connectivity index (χ3v) is 3.43. The van der Waals surface area contributed by atoms with Crippen LogP contribution in [0.1, 0.15) is 24.5 Å². The Morgan fingerprint density at radius 2 is 1.95 bits per heavy atom. The molecular formula is C14H17NO4. The highest BCUT2D eigenvalue weighted by atomic mass is 16.4. The summed E-state index contributed by atoms with van der Waals surface area (Å²) in [5.74, 6) is -1.83. The van der Waals surface area contributed by atoms with Crippen LogP contribution < -0.4 is 0 Å². The van der Waals surface area contributed by atoms with Gasteiger partial charge in [-0.3, -0.25) is 9.59 Å². The van der Waals surface area contributed by atoms with Gasteiger partial charge in [0.25, 0.3) is 5.91 Å². The van der Waals surface area contributed by atoms with Crippen molar-refractivity contribution in [1.82, 2.24) is 4.90 Å². The Hall–Kier alpha value is -1.88. The average molecular weight is 263 g/mol. The minimum Gasteiger partial charge on any atom is -0.481 e. The Bertz CT molecular complexity index is 460. The molecular weight excluding hydrogens is 246 g/mol. The number of aliphatic hydroxyl groups is 1. The number of carbonyl (C=O) groups is 2. The first kappa shape index (κ1) is 13.5. The number of carboxylic acids is 1. The van der Waals surface area contributed by atoms with Crippen molar-refractivity contribution in [3.63, 3.8) is 0 Å². The second-order valence-electron chi connectivity index (χ2n) is 4.77. The van der Waals surface area contributed by atoms with Crippen LogP contribution in [0.5, 0.6) is 0 Å². The number of aliphatic carboxylic acids is 1. The van der Waals surface area contributed by atoms with E-state index >= 15 is 0 Å². The van der Waals surface area contributed by atoms with Crippen LogP contribution in [0.2, 0.25) is 0 Å². The number of nitrogens with zero attached hydrogens (tertiary/aromatic N) is 1. The summed E-state index contributed by atoms with van der Waals surface area (Å²) in [6, 6.07) is 8.68. The first-order valence-corrected chi connectivity index (χ1v) is 6.34. The minimum atomic E-state index is -1.21. The zero-order valence-corrected chi connectivity index (χ0v) is 10.5. The van der Waals surface area contributed by atoms with Crippen LogP contribution in [0.3, 0.4) is 0 Å². The van der Waals surface area contributed by atoms with Gasteiger partial charge in [-0.05, 0) is 18.4 Å². The Balaban J connectivity index is 2.05. The molecule has 1 unspecified atom stereocenters. The minimum absolute atomic E-state index is 0.179. The highest BCUT2D eigenvalue weighted by molar-refractivity contribution is 5.83. The third kappa shape index (κ3) is 3.12. The molecule has 0 bridgehead atoms. The third-order valence-electron chi connectivity index (χ3n) is 3.43. The number of carboxylic acid groups (broad SMARTS) is 1. The van der Waals surface area contributed by atoms with E-state index < -0.39 is 23.9 Å². The molecule has 0 aliphatic carbocycles. The number of hydrogen-bond donors (Lipinski definition) is 2. The molecule has 0 radical (unpaired) electrons. The van der Waals surface area contributed by atoms with Gasteiger partial charge >= 0.3 is 5.97 Å². The smallest absolute Gasteiger partial charge is 0.308 e. The van der Waals surface area contributed by atoms with E-state index in [1.54, 1.807) is 24.3 Å². The maximum absolute atomic E-state index is 12.1. The normalized spacial score (nSPS) is 20.9. The topological polar surface area (TPSA) is 77.8 Å².